The number of hydrogen-bond donors (Lipinski definition) is 3. The van der Waals surface area contributed by atoms with Gasteiger partial charge in [0, 0.05) is 17.9 Å². The number of ether oxygens (including phenoxy) is 1. The van der Waals surface area contributed by atoms with Crippen LogP contribution in [0.2, 0.25) is 0 Å². The summed E-state index contributed by atoms with van der Waals surface area (Å²) in [5.74, 6) is -0.566. The van der Waals surface area contributed by atoms with Gasteiger partial charge in [0.15, 0.2) is 6.61 Å². The molecule has 0 radical (unpaired) electrons. The van der Waals surface area contributed by atoms with Crippen LogP contribution in [0.5, 0.6) is 5.75 Å². The summed E-state index contributed by atoms with van der Waals surface area (Å²) < 4.78 is 5.62. The molecule has 0 aliphatic heterocycles. The van der Waals surface area contributed by atoms with Gasteiger partial charge in [-0.2, -0.15) is 0 Å². The normalized spacial score (nSPS) is 10.3. The zero-order chi connectivity index (χ0) is 21.5. The fourth-order valence-corrected chi connectivity index (χ4v) is 2.92. The number of hydrogen-bond acceptors (Lipinski definition) is 4. The first kappa shape index (κ1) is 20.9. The molecule has 0 heterocycles. The molecule has 0 unspecified atom stereocenters. The van der Waals surface area contributed by atoms with Crippen LogP contribution in [0.3, 0.4) is 0 Å². The van der Waals surface area contributed by atoms with Gasteiger partial charge in [-0.05, 0) is 67.4 Å². The molecular formula is C24H24N2O4. The summed E-state index contributed by atoms with van der Waals surface area (Å²) in [6.45, 7) is 4.31. The Bertz CT molecular complexity index is 1050. The van der Waals surface area contributed by atoms with Crippen LogP contribution in [0, 0.1) is 13.8 Å². The fraction of sp³-hybridized carbons (Fsp3) is 0.167. The second-order valence-electron chi connectivity index (χ2n) is 7.04. The molecular weight excluding hydrogens is 380 g/mol. The lowest BCUT2D eigenvalue weighted by atomic mass is 10.1. The van der Waals surface area contributed by atoms with E-state index in [0.717, 1.165) is 28.1 Å². The van der Waals surface area contributed by atoms with Crippen molar-refractivity contribution in [3.8, 4) is 5.75 Å². The number of anilines is 2. The van der Waals surface area contributed by atoms with Crippen LogP contribution in [-0.4, -0.2) is 23.6 Å². The number of amides is 1. The summed E-state index contributed by atoms with van der Waals surface area (Å²) in [5.41, 5.74) is 4.82. The summed E-state index contributed by atoms with van der Waals surface area (Å²) in [6.07, 6.45) is 0. The number of carboxylic acid groups (broad SMARTS) is 1. The van der Waals surface area contributed by atoms with Crippen molar-refractivity contribution in [3.05, 3.63) is 89.0 Å². The minimum Gasteiger partial charge on any atom is -0.484 e. The van der Waals surface area contributed by atoms with Gasteiger partial charge in [0.05, 0.1) is 5.56 Å². The van der Waals surface area contributed by atoms with Crippen molar-refractivity contribution in [2.45, 2.75) is 20.4 Å². The molecule has 0 atom stereocenters. The average Bonchev–Trinajstić information content (AvgIpc) is 2.73. The van der Waals surface area contributed by atoms with Gasteiger partial charge in [-0.15, -0.1) is 0 Å². The predicted molar refractivity (Wildman–Crippen MR) is 117 cm³/mol. The van der Waals surface area contributed by atoms with Crippen molar-refractivity contribution in [1.82, 2.24) is 0 Å². The first-order chi connectivity index (χ1) is 14.4. The molecule has 3 N–H and O–H groups in total. The number of rotatable bonds is 8. The lowest BCUT2D eigenvalue weighted by Crippen LogP contribution is -2.20. The molecule has 6 heteroatoms. The molecule has 0 aliphatic carbocycles. The smallest absolute Gasteiger partial charge is 0.335 e. The molecule has 3 aromatic rings. The minimum absolute atomic E-state index is 0.0828. The molecule has 0 spiro atoms. The van der Waals surface area contributed by atoms with Crippen molar-refractivity contribution in [1.29, 1.82) is 0 Å². The van der Waals surface area contributed by atoms with Gasteiger partial charge in [-0.3, -0.25) is 4.79 Å². The first-order valence-electron chi connectivity index (χ1n) is 9.57. The van der Waals surface area contributed by atoms with Gasteiger partial charge in [-0.25, -0.2) is 4.79 Å². The number of benzene rings is 3. The minimum atomic E-state index is -0.944. The van der Waals surface area contributed by atoms with Crippen molar-refractivity contribution in [2.75, 3.05) is 17.2 Å². The molecule has 3 aromatic carbocycles. The molecule has 0 aliphatic rings. The van der Waals surface area contributed by atoms with Gasteiger partial charge in [0.1, 0.15) is 5.75 Å². The Hall–Kier alpha value is -3.80. The van der Waals surface area contributed by atoms with Crippen LogP contribution in [0.1, 0.15) is 27.0 Å². The van der Waals surface area contributed by atoms with Gasteiger partial charge in [-0.1, -0.05) is 29.8 Å². The molecule has 30 heavy (non-hydrogen) atoms. The van der Waals surface area contributed by atoms with Gasteiger partial charge in [0.2, 0.25) is 0 Å². The van der Waals surface area contributed by atoms with E-state index in [4.69, 9.17) is 9.84 Å². The van der Waals surface area contributed by atoms with Crippen molar-refractivity contribution < 1.29 is 19.4 Å². The summed E-state index contributed by atoms with van der Waals surface area (Å²) in [6, 6.07) is 20.0. The highest BCUT2D eigenvalue weighted by Crippen LogP contribution is 2.19. The van der Waals surface area contributed by atoms with E-state index in [0.29, 0.717) is 12.3 Å². The molecule has 154 valence electrons. The third-order valence-corrected chi connectivity index (χ3v) is 4.56. The summed E-state index contributed by atoms with van der Waals surface area (Å²) in [4.78, 5) is 23.1. The van der Waals surface area contributed by atoms with E-state index < -0.39 is 5.97 Å². The van der Waals surface area contributed by atoms with E-state index in [1.807, 2.05) is 56.3 Å². The van der Waals surface area contributed by atoms with Crippen LogP contribution < -0.4 is 15.4 Å². The maximum absolute atomic E-state index is 12.1. The highest BCUT2D eigenvalue weighted by Gasteiger charge is 2.07. The highest BCUT2D eigenvalue weighted by molar-refractivity contribution is 5.91. The Morgan fingerprint density at radius 3 is 2.43 bits per heavy atom. The molecule has 0 aromatic heterocycles. The van der Waals surface area contributed by atoms with E-state index in [2.05, 4.69) is 10.6 Å². The summed E-state index contributed by atoms with van der Waals surface area (Å²) >= 11 is 0. The zero-order valence-electron chi connectivity index (χ0n) is 16.9. The van der Waals surface area contributed by atoms with E-state index in [-0.39, 0.29) is 18.1 Å². The molecule has 0 fully saturated rings. The largest absolute Gasteiger partial charge is 0.484 e. The first-order valence-corrected chi connectivity index (χ1v) is 9.57. The molecule has 0 bridgehead atoms. The number of nitrogens with one attached hydrogen (secondary N) is 2. The van der Waals surface area contributed by atoms with Crippen molar-refractivity contribution >= 4 is 23.3 Å². The monoisotopic (exact) mass is 404 g/mol. The Labute approximate surface area is 175 Å². The number of aromatic carboxylic acids is 1. The quantitative estimate of drug-likeness (QED) is 0.509. The molecule has 1 amide bonds. The number of carbonyl (C=O) groups excluding carboxylic acids is 1. The number of carboxylic acids is 1. The lowest BCUT2D eigenvalue weighted by molar-refractivity contribution is -0.118. The maximum Gasteiger partial charge on any atom is 0.335 e. The molecule has 6 nitrogen and oxygen atoms in total. The van der Waals surface area contributed by atoms with Gasteiger partial charge >= 0.3 is 5.97 Å². The van der Waals surface area contributed by atoms with E-state index in [9.17, 15) is 9.59 Å². The zero-order valence-corrected chi connectivity index (χ0v) is 16.9. The summed E-state index contributed by atoms with van der Waals surface area (Å²) in [7, 11) is 0. The van der Waals surface area contributed by atoms with E-state index in [1.54, 1.807) is 24.3 Å². The maximum atomic E-state index is 12.1. The third-order valence-electron chi connectivity index (χ3n) is 4.56. The topological polar surface area (TPSA) is 87.7 Å². The Balaban J connectivity index is 1.53. The molecule has 0 saturated carbocycles. The Kier molecular flexibility index (Phi) is 6.70. The number of aryl methyl sites for hydroxylation is 2. The van der Waals surface area contributed by atoms with E-state index >= 15 is 0 Å². The van der Waals surface area contributed by atoms with Crippen LogP contribution in [0.4, 0.5) is 11.4 Å². The van der Waals surface area contributed by atoms with Crippen LogP contribution in [0.15, 0.2) is 66.7 Å². The van der Waals surface area contributed by atoms with Crippen LogP contribution in [-0.2, 0) is 11.3 Å². The molecule has 0 saturated heterocycles. The van der Waals surface area contributed by atoms with Crippen molar-refractivity contribution in [3.63, 3.8) is 0 Å². The average molecular weight is 404 g/mol. The standard InChI is InChI=1S/C24H24N2O4/c1-16-6-9-20(10-7-16)26-23(27)15-30-21-5-3-4-18(13-21)14-25-22-11-8-19(24(28)29)12-17(22)2/h3-13,25H,14-15H2,1-2H3,(H,26,27)(H,28,29). The Morgan fingerprint density at radius 1 is 0.967 bits per heavy atom. The van der Waals surface area contributed by atoms with Gasteiger partial charge in [0.25, 0.3) is 5.91 Å². The highest BCUT2D eigenvalue weighted by atomic mass is 16.5. The SMILES string of the molecule is Cc1ccc(NC(=O)COc2cccc(CNc3ccc(C(=O)O)cc3C)c2)cc1. The third kappa shape index (κ3) is 5.85. The second kappa shape index (κ2) is 9.60. The van der Waals surface area contributed by atoms with Crippen LogP contribution in [0.25, 0.3) is 0 Å². The van der Waals surface area contributed by atoms with Crippen molar-refractivity contribution in [2.24, 2.45) is 0 Å². The summed E-state index contributed by atoms with van der Waals surface area (Å²) in [5, 5.41) is 15.2. The lowest BCUT2D eigenvalue weighted by Gasteiger charge is -2.12. The number of carbonyl (C=O) groups is 2. The Morgan fingerprint density at radius 2 is 1.73 bits per heavy atom. The fourth-order valence-electron chi connectivity index (χ4n) is 2.92. The molecule has 3 rings (SSSR count). The van der Waals surface area contributed by atoms with E-state index in [1.165, 1.54) is 0 Å². The predicted octanol–water partition coefficient (Wildman–Crippen LogP) is 4.63. The second-order valence-corrected chi connectivity index (χ2v) is 7.04. The van der Waals surface area contributed by atoms with Crippen LogP contribution >= 0.6 is 0 Å². The van der Waals surface area contributed by atoms with Gasteiger partial charge < -0.3 is 20.5 Å².